The van der Waals surface area contributed by atoms with Gasteiger partial charge in [0.25, 0.3) is 0 Å². The highest BCUT2D eigenvalue weighted by atomic mass is 16.5. The van der Waals surface area contributed by atoms with Gasteiger partial charge in [-0.15, -0.1) is 0 Å². The van der Waals surface area contributed by atoms with Gasteiger partial charge in [-0.2, -0.15) is 0 Å². The normalized spacial score (nSPS) is 21.0. The summed E-state index contributed by atoms with van der Waals surface area (Å²) in [5.74, 6) is -0.679. The van der Waals surface area contributed by atoms with Gasteiger partial charge >= 0.3 is 5.97 Å². The van der Waals surface area contributed by atoms with Crippen LogP contribution in [0.2, 0.25) is 0 Å². The van der Waals surface area contributed by atoms with Crippen LogP contribution in [0.4, 0.5) is 0 Å². The number of hydrogen-bond acceptors (Lipinski definition) is 3. The van der Waals surface area contributed by atoms with Crippen molar-refractivity contribution >= 4 is 11.9 Å². The van der Waals surface area contributed by atoms with Gasteiger partial charge in [-0.1, -0.05) is 0 Å². The Morgan fingerprint density at radius 3 is 2.76 bits per heavy atom. The van der Waals surface area contributed by atoms with Gasteiger partial charge in [0.15, 0.2) is 0 Å². The van der Waals surface area contributed by atoms with E-state index in [9.17, 15) is 9.59 Å². The highest BCUT2D eigenvalue weighted by molar-refractivity contribution is 5.76. The number of carboxylic acid groups (broad SMARTS) is 1. The Morgan fingerprint density at radius 2 is 2.06 bits per heavy atom. The quantitative estimate of drug-likeness (QED) is 0.738. The number of carboxylic acids is 1. The SMILES string of the molecule is CC1CN(C(=O)CCCCC(=O)O)CCCO1. The number of amides is 1. The summed E-state index contributed by atoms with van der Waals surface area (Å²) in [6.07, 6.45) is 2.79. The van der Waals surface area contributed by atoms with Gasteiger partial charge < -0.3 is 14.7 Å². The molecule has 0 aliphatic carbocycles. The Bertz CT molecular complexity index is 267. The predicted octanol–water partition coefficient (Wildman–Crippen LogP) is 1.27. The molecule has 1 aliphatic rings. The maximum atomic E-state index is 11.9. The van der Waals surface area contributed by atoms with Gasteiger partial charge in [0.05, 0.1) is 6.10 Å². The van der Waals surface area contributed by atoms with Crippen molar-refractivity contribution in [2.45, 2.75) is 45.1 Å². The number of nitrogens with zero attached hydrogens (tertiary/aromatic N) is 1. The fraction of sp³-hybridized carbons (Fsp3) is 0.833. The molecule has 0 aromatic heterocycles. The lowest BCUT2D eigenvalue weighted by atomic mass is 10.1. The Morgan fingerprint density at radius 1 is 1.35 bits per heavy atom. The Hall–Kier alpha value is -1.10. The first-order valence-electron chi connectivity index (χ1n) is 6.21. The average Bonchev–Trinajstić information content (AvgIpc) is 2.48. The minimum absolute atomic E-state index is 0.0977. The summed E-state index contributed by atoms with van der Waals surface area (Å²) >= 11 is 0. The number of aliphatic carboxylic acids is 1. The molecule has 1 heterocycles. The minimum Gasteiger partial charge on any atom is -0.481 e. The van der Waals surface area contributed by atoms with Crippen molar-refractivity contribution in [3.05, 3.63) is 0 Å². The fourth-order valence-corrected chi connectivity index (χ4v) is 1.93. The molecule has 5 heteroatoms. The topological polar surface area (TPSA) is 66.8 Å². The van der Waals surface area contributed by atoms with Crippen LogP contribution >= 0.6 is 0 Å². The van der Waals surface area contributed by atoms with Gasteiger partial charge in [0.1, 0.15) is 0 Å². The van der Waals surface area contributed by atoms with Crippen LogP contribution in [0, 0.1) is 0 Å². The Balaban J connectivity index is 2.23. The number of ether oxygens (including phenoxy) is 1. The van der Waals surface area contributed by atoms with Crippen molar-refractivity contribution in [2.24, 2.45) is 0 Å². The van der Waals surface area contributed by atoms with Crippen LogP contribution in [0.15, 0.2) is 0 Å². The fourth-order valence-electron chi connectivity index (χ4n) is 1.93. The van der Waals surface area contributed by atoms with Crippen molar-refractivity contribution < 1.29 is 19.4 Å². The minimum atomic E-state index is -0.797. The van der Waals surface area contributed by atoms with E-state index in [-0.39, 0.29) is 18.4 Å². The molecule has 0 aromatic rings. The molecule has 0 spiro atoms. The summed E-state index contributed by atoms with van der Waals surface area (Å²) in [6, 6.07) is 0. The van der Waals surface area contributed by atoms with E-state index in [1.807, 2.05) is 11.8 Å². The first-order chi connectivity index (χ1) is 8.09. The van der Waals surface area contributed by atoms with Crippen molar-refractivity contribution in [3.8, 4) is 0 Å². The second-order valence-corrected chi connectivity index (χ2v) is 4.48. The second kappa shape index (κ2) is 7.27. The molecule has 1 atom stereocenters. The van der Waals surface area contributed by atoms with Crippen LogP contribution in [0.3, 0.4) is 0 Å². The van der Waals surface area contributed by atoms with Crippen LogP contribution in [-0.2, 0) is 14.3 Å². The van der Waals surface area contributed by atoms with Crippen molar-refractivity contribution in [3.63, 3.8) is 0 Å². The first-order valence-corrected chi connectivity index (χ1v) is 6.21. The largest absolute Gasteiger partial charge is 0.481 e. The molecule has 1 unspecified atom stereocenters. The van der Waals surface area contributed by atoms with Crippen molar-refractivity contribution in [1.29, 1.82) is 0 Å². The van der Waals surface area contributed by atoms with E-state index in [0.29, 0.717) is 32.4 Å². The molecule has 98 valence electrons. The van der Waals surface area contributed by atoms with E-state index in [2.05, 4.69) is 0 Å². The highest BCUT2D eigenvalue weighted by Crippen LogP contribution is 2.09. The third kappa shape index (κ3) is 5.68. The molecule has 1 saturated heterocycles. The zero-order valence-corrected chi connectivity index (χ0v) is 10.4. The lowest BCUT2D eigenvalue weighted by Crippen LogP contribution is -2.35. The Labute approximate surface area is 102 Å². The van der Waals surface area contributed by atoms with E-state index in [1.54, 1.807) is 0 Å². The molecular weight excluding hydrogens is 222 g/mol. The molecule has 0 radical (unpaired) electrons. The van der Waals surface area contributed by atoms with E-state index in [1.165, 1.54) is 0 Å². The molecule has 1 amide bonds. The van der Waals surface area contributed by atoms with Crippen LogP contribution in [0.5, 0.6) is 0 Å². The number of unbranched alkanes of at least 4 members (excludes halogenated alkanes) is 1. The summed E-state index contributed by atoms with van der Waals surface area (Å²) in [5.41, 5.74) is 0. The number of carbonyl (C=O) groups is 2. The lowest BCUT2D eigenvalue weighted by molar-refractivity contribution is -0.137. The second-order valence-electron chi connectivity index (χ2n) is 4.48. The maximum Gasteiger partial charge on any atom is 0.303 e. The summed E-state index contributed by atoms with van der Waals surface area (Å²) in [5, 5.41) is 8.49. The number of hydrogen-bond donors (Lipinski definition) is 1. The zero-order chi connectivity index (χ0) is 12.7. The van der Waals surface area contributed by atoms with Crippen LogP contribution in [0.1, 0.15) is 39.0 Å². The standard InChI is InChI=1S/C12H21NO4/c1-10-9-13(7-4-8-17-10)11(14)5-2-3-6-12(15)16/h10H,2-9H2,1H3,(H,15,16). The van der Waals surface area contributed by atoms with E-state index < -0.39 is 5.97 Å². The summed E-state index contributed by atoms with van der Waals surface area (Å²) in [6.45, 7) is 4.08. The average molecular weight is 243 g/mol. The van der Waals surface area contributed by atoms with Crippen LogP contribution in [0.25, 0.3) is 0 Å². The van der Waals surface area contributed by atoms with E-state index in [4.69, 9.17) is 9.84 Å². The van der Waals surface area contributed by atoms with Crippen LogP contribution < -0.4 is 0 Å². The highest BCUT2D eigenvalue weighted by Gasteiger charge is 2.19. The summed E-state index contributed by atoms with van der Waals surface area (Å²) < 4.78 is 5.47. The van der Waals surface area contributed by atoms with E-state index in [0.717, 1.165) is 13.0 Å². The summed E-state index contributed by atoms with van der Waals surface area (Å²) in [7, 11) is 0. The molecule has 17 heavy (non-hydrogen) atoms. The van der Waals surface area contributed by atoms with Gasteiger partial charge in [-0.05, 0) is 26.2 Å². The van der Waals surface area contributed by atoms with Gasteiger partial charge in [0, 0.05) is 32.5 Å². The molecule has 5 nitrogen and oxygen atoms in total. The third-order valence-electron chi connectivity index (χ3n) is 2.84. The molecular formula is C12H21NO4. The zero-order valence-electron chi connectivity index (χ0n) is 10.4. The molecule has 1 N–H and O–H groups in total. The first kappa shape index (κ1) is 14.0. The molecule has 1 aliphatic heterocycles. The Kier molecular flexibility index (Phi) is 5.97. The van der Waals surface area contributed by atoms with Crippen LogP contribution in [-0.4, -0.2) is 47.7 Å². The number of carbonyl (C=O) groups excluding carboxylic acids is 1. The summed E-state index contributed by atoms with van der Waals surface area (Å²) in [4.78, 5) is 24.0. The molecule has 1 rings (SSSR count). The molecule has 1 fully saturated rings. The molecule has 0 aromatic carbocycles. The molecule has 0 saturated carbocycles. The monoisotopic (exact) mass is 243 g/mol. The predicted molar refractivity (Wildman–Crippen MR) is 62.7 cm³/mol. The molecule has 0 bridgehead atoms. The van der Waals surface area contributed by atoms with Gasteiger partial charge in [-0.3, -0.25) is 9.59 Å². The van der Waals surface area contributed by atoms with Crippen molar-refractivity contribution in [1.82, 2.24) is 4.90 Å². The smallest absolute Gasteiger partial charge is 0.303 e. The van der Waals surface area contributed by atoms with Gasteiger partial charge in [0.2, 0.25) is 5.91 Å². The lowest BCUT2D eigenvalue weighted by Gasteiger charge is -2.22. The van der Waals surface area contributed by atoms with Gasteiger partial charge in [-0.25, -0.2) is 0 Å². The maximum absolute atomic E-state index is 11.9. The third-order valence-corrected chi connectivity index (χ3v) is 2.84. The van der Waals surface area contributed by atoms with E-state index >= 15 is 0 Å². The van der Waals surface area contributed by atoms with Crippen molar-refractivity contribution in [2.75, 3.05) is 19.7 Å². The number of rotatable bonds is 5.